The van der Waals surface area contributed by atoms with Crippen LogP contribution in [0.4, 0.5) is 0 Å². The fourth-order valence-corrected chi connectivity index (χ4v) is 3.76. The van der Waals surface area contributed by atoms with E-state index in [4.69, 9.17) is 4.13 Å². The van der Waals surface area contributed by atoms with Crippen molar-refractivity contribution in [2.24, 2.45) is 0 Å². The molecule has 7 heteroatoms. The van der Waals surface area contributed by atoms with E-state index in [1.54, 1.807) is 0 Å². The molecule has 0 bridgehead atoms. The quantitative estimate of drug-likeness (QED) is 0.438. The second-order valence-corrected chi connectivity index (χ2v) is 5.28. The molecule has 58 valence electrons. The minimum absolute atomic E-state index is 0. The van der Waals surface area contributed by atoms with Gasteiger partial charge in [0.05, 0.1) is 0 Å². The summed E-state index contributed by atoms with van der Waals surface area (Å²) in [5.41, 5.74) is 0. The van der Waals surface area contributed by atoms with Crippen molar-refractivity contribution in [2.45, 2.75) is 5.25 Å². The topological polar surface area (TPSA) is 114 Å². The zero-order valence-corrected chi connectivity index (χ0v) is 8.99. The predicted octanol–water partition coefficient (Wildman–Crippen LogP) is -1.60. The van der Waals surface area contributed by atoms with Gasteiger partial charge in [-0.05, 0) is 0 Å². The molecule has 0 aromatic carbocycles. The molecule has 0 aliphatic rings. The fraction of sp³-hybridized carbons (Fsp3) is 1.00. The average molecular weight is 218 g/mol. The minimum atomic E-state index is -4.05. The van der Waals surface area contributed by atoms with E-state index in [2.05, 4.69) is 0 Å². The first kappa shape index (κ1) is 12.1. The van der Waals surface area contributed by atoms with E-state index in [1.165, 1.54) is 0 Å². The molecule has 0 saturated carbocycles. The van der Waals surface area contributed by atoms with Gasteiger partial charge in [0.15, 0.2) is 0 Å². The van der Waals surface area contributed by atoms with Gasteiger partial charge in [0.25, 0.3) is 0 Å². The van der Waals surface area contributed by atoms with E-state index in [1.807, 2.05) is 0 Å². The summed E-state index contributed by atoms with van der Waals surface area (Å²) in [6.07, 6.45) is 0. The summed E-state index contributed by atoms with van der Waals surface area (Å²) in [6.45, 7) is 0. The number of quaternary nitrogens is 1. The summed E-state index contributed by atoms with van der Waals surface area (Å²) in [5, 5.41) is 0.221. The van der Waals surface area contributed by atoms with Gasteiger partial charge in [-0.25, -0.2) is 0 Å². The molecule has 0 aliphatic heterocycles. The fourth-order valence-electron chi connectivity index (χ4n) is 0.241. The molecule has 0 spiro atoms. The van der Waals surface area contributed by atoms with Crippen LogP contribution < -0.4 is 6.15 Å². The summed E-state index contributed by atoms with van der Waals surface area (Å²) in [7, 11) is -4.05. The first-order chi connectivity index (χ1) is 3.56. The Morgan fingerprint density at radius 1 is 1.56 bits per heavy atom. The zero-order valence-electron chi connectivity index (χ0n) is 5.20. The zero-order chi connectivity index (χ0) is 6.62. The maximum absolute atomic E-state index is 9.75. The molecule has 5 N–H and O–H groups in total. The van der Waals surface area contributed by atoms with E-state index < -0.39 is 25.9 Å². The van der Waals surface area contributed by atoms with E-state index in [-0.39, 0.29) is 17.2 Å². The largest absolute Gasteiger partial charge is 0.369 e. The average Bonchev–Trinajstić information content (AvgIpc) is 1.59. The molecule has 9 heavy (non-hydrogen) atoms. The molecular weight excluding hydrogens is 207 g/mol. The number of rotatable bonds is 3. The Labute approximate surface area is 60.6 Å². The van der Waals surface area contributed by atoms with Crippen LogP contribution in [0.3, 0.4) is 0 Å². The minimum Gasteiger partial charge on any atom is -0.369 e. The van der Waals surface area contributed by atoms with Crippen molar-refractivity contribution in [3.05, 3.63) is 0 Å². The summed E-state index contributed by atoms with van der Waals surface area (Å²) in [5.74, 6) is -0.385. The van der Waals surface area contributed by atoms with Crippen LogP contribution in [0.2, 0.25) is 5.25 Å². The monoisotopic (exact) mass is 219 g/mol. The molecule has 5 nitrogen and oxygen atoms in total. The molecule has 0 heterocycles. The van der Waals surface area contributed by atoms with Gasteiger partial charge in [0.1, 0.15) is 0 Å². The van der Waals surface area contributed by atoms with Crippen LogP contribution >= 0.6 is 0 Å². The van der Waals surface area contributed by atoms with Crippen molar-refractivity contribution in [1.29, 1.82) is 0 Å². The van der Waals surface area contributed by atoms with Crippen molar-refractivity contribution in [3.8, 4) is 0 Å². The van der Waals surface area contributed by atoms with Crippen molar-refractivity contribution in [2.75, 3.05) is 5.75 Å². The predicted molar refractivity (Wildman–Crippen MR) is 36.1 cm³/mol. The van der Waals surface area contributed by atoms with E-state index in [0.29, 0.717) is 0 Å². The van der Waals surface area contributed by atoms with Crippen LogP contribution in [0.25, 0.3) is 0 Å². The Hall–Kier alpha value is 0.373. The summed E-state index contributed by atoms with van der Waals surface area (Å²) < 4.78 is 37.5. The summed E-state index contributed by atoms with van der Waals surface area (Å²) in [4.78, 5) is 0. The summed E-state index contributed by atoms with van der Waals surface area (Å²) >= 11 is -1.59. The van der Waals surface area contributed by atoms with Gasteiger partial charge in [-0.3, -0.25) is 0 Å². The third-order valence-corrected chi connectivity index (χ3v) is 3.82. The van der Waals surface area contributed by atoms with Gasteiger partial charge in [0, 0.05) is 0 Å². The van der Waals surface area contributed by atoms with Gasteiger partial charge in [0.2, 0.25) is 0 Å². The van der Waals surface area contributed by atoms with Gasteiger partial charge >= 0.3 is 54.0 Å². The second-order valence-electron chi connectivity index (χ2n) is 1.34. The van der Waals surface area contributed by atoms with Gasteiger partial charge in [-0.1, -0.05) is 0 Å². The van der Waals surface area contributed by atoms with E-state index in [0.717, 1.165) is 0 Å². The van der Waals surface area contributed by atoms with Crippen LogP contribution in [0, 0.1) is 0 Å². The molecule has 0 unspecified atom stereocenters. The number of hydrogen-bond acceptors (Lipinski definition) is 4. The third kappa shape index (κ3) is 11.8. The number of hydrogen-bond donors (Lipinski definition) is 2. The first-order valence-corrected chi connectivity index (χ1v) is 7.11. The maximum Gasteiger partial charge on any atom is -0.369 e. The van der Waals surface area contributed by atoms with Gasteiger partial charge in [-0.2, -0.15) is 0 Å². The van der Waals surface area contributed by atoms with Crippen molar-refractivity contribution >= 4 is 25.9 Å². The third-order valence-electron chi connectivity index (χ3n) is 0.552. The van der Waals surface area contributed by atoms with Crippen molar-refractivity contribution in [3.63, 3.8) is 0 Å². The summed E-state index contributed by atoms with van der Waals surface area (Å²) in [6, 6.07) is 0. The molecule has 0 aromatic heterocycles. The smallest absolute Gasteiger partial charge is 0.369 e. The van der Waals surface area contributed by atoms with Crippen LogP contribution in [0.1, 0.15) is 0 Å². The van der Waals surface area contributed by atoms with Crippen LogP contribution in [-0.2, 0) is 10.1 Å². The molecule has 0 rings (SSSR count). The Bertz CT molecular complexity index is 143. The molecule has 0 atom stereocenters. The SMILES string of the molecule is O=S(=O)([O-])C[CH2][GeH2][OH].[NH4+]. The normalized spacial score (nSPS) is 11.8. The van der Waals surface area contributed by atoms with Crippen LogP contribution in [0.5, 0.6) is 0 Å². The molecular formula is C2H11GeNO4S. The Kier molecular flexibility index (Phi) is 6.96. The molecule has 0 saturated heterocycles. The Morgan fingerprint density at radius 2 is 2.00 bits per heavy atom. The van der Waals surface area contributed by atoms with Crippen molar-refractivity contribution in [1.82, 2.24) is 6.15 Å². The molecule has 0 radical (unpaired) electrons. The standard InChI is InChI=1S/C2H8GeO4S.H3N/c4-3-1-2-8(5,6)7;/h4H,1-3H2,(H,5,6,7);1H3. The van der Waals surface area contributed by atoms with E-state index in [9.17, 15) is 13.0 Å². The molecule has 0 fully saturated rings. The van der Waals surface area contributed by atoms with Gasteiger partial charge in [-0.15, -0.1) is 0 Å². The van der Waals surface area contributed by atoms with E-state index >= 15 is 0 Å². The molecule has 0 aliphatic carbocycles. The molecule has 0 amide bonds. The van der Waals surface area contributed by atoms with Crippen molar-refractivity contribution < 1.29 is 17.1 Å². The van der Waals surface area contributed by atoms with Crippen LogP contribution in [-0.4, -0.2) is 38.6 Å². The first-order valence-electron chi connectivity index (χ1n) is 2.10. The van der Waals surface area contributed by atoms with Gasteiger partial charge < -0.3 is 6.15 Å². The molecule has 0 aromatic rings. The maximum atomic E-state index is 9.75. The second kappa shape index (κ2) is 5.18. The Balaban J connectivity index is 0. The van der Waals surface area contributed by atoms with Crippen LogP contribution in [0.15, 0.2) is 0 Å². The Morgan fingerprint density at radius 3 is 2.11 bits per heavy atom.